The van der Waals surface area contributed by atoms with Gasteiger partial charge in [0.05, 0.1) is 12.6 Å². The number of carbonyl (C=O) groups excluding carboxylic acids is 2. The highest BCUT2D eigenvalue weighted by Gasteiger charge is 2.22. The number of methoxy groups -OCH3 is 1. The normalized spacial score (nSPS) is 15.3. The van der Waals surface area contributed by atoms with E-state index in [4.69, 9.17) is 18.9 Å². The zero-order valence-corrected chi connectivity index (χ0v) is 18.6. The first-order valence-electron chi connectivity index (χ1n) is 10.4. The Morgan fingerprint density at radius 2 is 1.90 bits per heavy atom. The number of hydrogen-bond acceptors (Lipinski definition) is 8. The smallest absolute Gasteiger partial charge is 0.497 e. The fourth-order valence-corrected chi connectivity index (χ4v) is 3.57. The van der Waals surface area contributed by atoms with Gasteiger partial charge in [-0.3, -0.25) is 4.57 Å². The summed E-state index contributed by atoms with van der Waals surface area (Å²) in [7, 11) is 7.60. The number of rotatable bonds is 7. The van der Waals surface area contributed by atoms with Crippen LogP contribution >= 0.6 is 0 Å². The van der Waals surface area contributed by atoms with Crippen LogP contribution in [0.15, 0.2) is 24.4 Å². The monoisotopic (exact) mass is 433 g/mol. The van der Waals surface area contributed by atoms with E-state index >= 15 is 0 Å². The van der Waals surface area contributed by atoms with Crippen molar-refractivity contribution in [1.29, 1.82) is 0 Å². The number of aromatic nitrogens is 1. The van der Waals surface area contributed by atoms with Crippen LogP contribution in [0.25, 0.3) is 10.9 Å². The minimum atomic E-state index is -0.826. The molecule has 9 nitrogen and oxygen atoms in total. The minimum absolute atomic E-state index is 0.167. The van der Waals surface area contributed by atoms with Crippen molar-refractivity contribution in [2.75, 3.05) is 54.7 Å². The molecule has 170 valence electrons. The number of likely N-dealkylation sites (tertiary alicyclic amines) is 1. The molecule has 9 heteroatoms. The van der Waals surface area contributed by atoms with Crippen LogP contribution in [0.3, 0.4) is 0 Å². The summed E-state index contributed by atoms with van der Waals surface area (Å²) in [6.45, 7) is 2.06. The summed E-state index contributed by atoms with van der Waals surface area (Å²) in [5, 5.41) is 0.946. The molecule has 2 aromatic rings. The van der Waals surface area contributed by atoms with Crippen molar-refractivity contribution in [2.45, 2.75) is 25.4 Å². The molecule has 0 radical (unpaired) electrons. The maximum atomic E-state index is 12.7. The highest BCUT2D eigenvalue weighted by Crippen LogP contribution is 2.26. The summed E-state index contributed by atoms with van der Waals surface area (Å²) in [6.07, 6.45) is 2.42. The van der Waals surface area contributed by atoms with E-state index in [0.717, 1.165) is 49.8 Å². The molecule has 0 amide bonds. The molecule has 3 rings (SSSR count). The number of ether oxygens (including phenoxy) is 4. The van der Waals surface area contributed by atoms with Crippen molar-refractivity contribution in [3.63, 3.8) is 0 Å². The van der Waals surface area contributed by atoms with Crippen LogP contribution in [0, 0.1) is 0 Å². The molecule has 1 aliphatic heterocycles. The summed E-state index contributed by atoms with van der Waals surface area (Å²) < 4.78 is 22.1. The van der Waals surface area contributed by atoms with Crippen LogP contribution in [-0.4, -0.2) is 87.4 Å². The first kappa shape index (κ1) is 22.9. The van der Waals surface area contributed by atoms with Crippen LogP contribution in [-0.2, 0) is 20.6 Å². The molecule has 1 aromatic heterocycles. The lowest BCUT2D eigenvalue weighted by molar-refractivity contribution is -0.0386. The van der Waals surface area contributed by atoms with Gasteiger partial charge in [-0.25, -0.2) is 9.59 Å². The van der Waals surface area contributed by atoms with Crippen molar-refractivity contribution < 1.29 is 28.5 Å². The Kier molecular flexibility index (Phi) is 7.75. The third kappa shape index (κ3) is 6.11. The van der Waals surface area contributed by atoms with Gasteiger partial charge in [0.15, 0.2) is 0 Å². The molecular formula is C22H31N3O6. The SMILES string of the molecule is COc1ccc2c(CCN(C)C)cn(C(=O)OCOC(=O)OC3CCN(C)CC3)c2c1. The Morgan fingerprint density at radius 3 is 2.58 bits per heavy atom. The summed E-state index contributed by atoms with van der Waals surface area (Å²) in [4.78, 5) is 28.8. The molecule has 1 aliphatic rings. The maximum Gasteiger partial charge on any atom is 0.511 e. The minimum Gasteiger partial charge on any atom is -0.497 e. The summed E-state index contributed by atoms with van der Waals surface area (Å²) in [5.41, 5.74) is 1.69. The van der Waals surface area contributed by atoms with Crippen molar-refractivity contribution in [3.05, 3.63) is 30.0 Å². The van der Waals surface area contributed by atoms with Crippen LogP contribution in [0.4, 0.5) is 9.59 Å². The van der Waals surface area contributed by atoms with E-state index in [1.165, 1.54) is 4.57 Å². The summed E-state index contributed by atoms with van der Waals surface area (Å²) in [5.74, 6) is 0.636. The Bertz CT molecular complexity index is 902. The second kappa shape index (κ2) is 10.5. The number of hydrogen-bond donors (Lipinski definition) is 0. The quantitative estimate of drug-likeness (QED) is 0.487. The standard InChI is InChI=1S/C22H31N3O6/c1-23(2)10-7-16-14-25(20-13-18(28-4)5-6-19(16)20)21(26)29-15-30-22(27)31-17-8-11-24(3)12-9-17/h5-6,13-14,17H,7-12,15H2,1-4H3. The molecule has 1 aromatic carbocycles. The van der Waals surface area contributed by atoms with E-state index in [9.17, 15) is 9.59 Å². The molecule has 0 spiro atoms. The van der Waals surface area contributed by atoms with Crippen LogP contribution in [0.2, 0.25) is 0 Å². The average Bonchev–Trinajstić information content (AvgIpc) is 3.11. The van der Waals surface area contributed by atoms with Crippen LogP contribution in [0.1, 0.15) is 18.4 Å². The molecule has 0 unspecified atom stereocenters. The van der Waals surface area contributed by atoms with Gasteiger partial charge in [0.1, 0.15) is 11.9 Å². The molecule has 2 heterocycles. The summed E-state index contributed by atoms with van der Waals surface area (Å²) >= 11 is 0. The van der Waals surface area contributed by atoms with Gasteiger partial charge in [0.2, 0.25) is 6.79 Å². The number of piperidine rings is 1. The number of carbonyl (C=O) groups is 2. The Morgan fingerprint density at radius 1 is 1.16 bits per heavy atom. The number of nitrogens with zero attached hydrogens (tertiary/aromatic N) is 3. The van der Waals surface area contributed by atoms with E-state index in [-0.39, 0.29) is 6.10 Å². The second-order valence-corrected chi connectivity index (χ2v) is 8.00. The van der Waals surface area contributed by atoms with Gasteiger partial charge in [-0.1, -0.05) is 0 Å². The predicted octanol–water partition coefficient (Wildman–Crippen LogP) is 2.94. The topological polar surface area (TPSA) is 82.5 Å². The van der Waals surface area contributed by atoms with Gasteiger partial charge in [0.25, 0.3) is 0 Å². The van der Waals surface area contributed by atoms with Gasteiger partial charge in [-0.15, -0.1) is 0 Å². The van der Waals surface area contributed by atoms with Crippen LogP contribution in [0.5, 0.6) is 5.75 Å². The average molecular weight is 434 g/mol. The molecular weight excluding hydrogens is 402 g/mol. The molecule has 31 heavy (non-hydrogen) atoms. The highest BCUT2D eigenvalue weighted by atomic mass is 16.8. The van der Waals surface area contributed by atoms with Gasteiger partial charge in [0, 0.05) is 37.3 Å². The lowest BCUT2D eigenvalue weighted by Crippen LogP contribution is -2.35. The van der Waals surface area contributed by atoms with E-state index < -0.39 is 19.0 Å². The lowest BCUT2D eigenvalue weighted by atomic mass is 10.1. The molecule has 1 saturated heterocycles. The fraction of sp³-hybridized carbons (Fsp3) is 0.545. The van der Waals surface area contributed by atoms with Gasteiger partial charge >= 0.3 is 12.2 Å². The molecule has 0 bridgehead atoms. The largest absolute Gasteiger partial charge is 0.511 e. The molecule has 0 aliphatic carbocycles. The van der Waals surface area contributed by atoms with Crippen molar-refractivity contribution in [1.82, 2.24) is 14.4 Å². The van der Waals surface area contributed by atoms with Gasteiger partial charge < -0.3 is 28.7 Å². The number of fused-ring (bicyclic) bond motifs is 1. The van der Waals surface area contributed by atoms with E-state index in [1.807, 2.05) is 33.3 Å². The number of benzene rings is 1. The van der Waals surface area contributed by atoms with E-state index in [1.54, 1.807) is 19.4 Å². The third-order valence-corrected chi connectivity index (χ3v) is 5.41. The summed E-state index contributed by atoms with van der Waals surface area (Å²) in [6, 6.07) is 5.57. The number of likely N-dealkylation sites (N-methyl/N-ethyl adjacent to an activating group) is 1. The fourth-order valence-electron chi connectivity index (χ4n) is 3.57. The molecule has 0 saturated carbocycles. The van der Waals surface area contributed by atoms with E-state index in [0.29, 0.717) is 11.3 Å². The van der Waals surface area contributed by atoms with Gasteiger partial charge in [-0.2, -0.15) is 0 Å². The second-order valence-electron chi connectivity index (χ2n) is 8.00. The van der Waals surface area contributed by atoms with Crippen molar-refractivity contribution >= 4 is 23.2 Å². The van der Waals surface area contributed by atoms with Gasteiger partial charge in [-0.05, 0) is 58.1 Å². The predicted molar refractivity (Wildman–Crippen MR) is 116 cm³/mol. The first-order chi connectivity index (χ1) is 14.9. The molecule has 0 N–H and O–H groups in total. The molecule has 0 atom stereocenters. The van der Waals surface area contributed by atoms with Crippen LogP contribution < -0.4 is 4.74 Å². The zero-order valence-electron chi connectivity index (χ0n) is 18.6. The van der Waals surface area contributed by atoms with Crippen molar-refractivity contribution in [3.8, 4) is 5.75 Å². The highest BCUT2D eigenvalue weighted by molar-refractivity contribution is 5.92. The maximum absolute atomic E-state index is 12.7. The van der Waals surface area contributed by atoms with E-state index in [2.05, 4.69) is 9.80 Å². The zero-order chi connectivity index (χ0) is 22.4. The molecule has 1 fully saturated rings. The van der Waals surface area contributed by atoms with Crippen molar-refractivity contribution in [2.24, 2.45) is 0 Å². The first-order valence-corrected chi connectivity index (χ1v) is 10.4. The lowest BCUT2D eigenvalue weighted by Gasteiger charge is -2.28. The Hall–Kier alpha value is -2.78. The Labute approximate surface area is 182 Å². The third-order valence-electron chi connectivity index (χ3n) is 5.41. The Balaban J connectivity index is 1.61.